The normalized spacial score (nSPS) is 13.2. The van der Waals surface area contributed by atoms with Crippen LogP contribution in [0, 0.1) is 6.92 Å². The van der Waals surface area contributed by atoms with Crippen molar-refractivity contribution in [2.45, 2.75) is 24.9 Å². The SMILES string of the molecule is Cc1ccc(C(C)NS(=O)(=O)c2ccccn2)cc1. The summed E-state index contributed by atoms with van der Waals surface area (Å²) in [5.41, 5.74) is 2.06. The van der Waals surface area contributed by atoms with E-state index < -0.39 is 10.0 Å². The molecule has 0 spiro atoms. The van der Waals surface area contributed by atoms with Gasteiger partial charge in [0.2, 0.25) is 0 Å². The third kappa shape index (κ3) is 3.39. The standard InChI is InChI=1S/C14H16N2O2S/c1-11-6-8-13(9-7-11)12(2)16-19(17,18)14-5-3-4-10-15-14/h3-10,12,16H,1-2H3. The summed E-state index contributed by atoms with van der Waals surface area (Å²) < 4.78 is 26.8. The minimum absolute atomic E-state index is 0.0361. The highest BCUT2D eigenvalue weighted by Gasteiger charge is 2.18. The van der Waals surface area contributed by atoms with Crippen molar-refractivity contribution in [3.8, 4) is 0 Å². The Balaban J connectivity index is 2.19. The van der Waals surface area contributed by atoms with Gasteiger partial charge in [-0.25, -0.2) is 18.1 Å². The average molecular weight is 276 g/mol. The highest BCUT2D eigenvalue weighted by Crippen LogP contribution is 2.16. The van der Waals surface area contributed by atoms with Crippen LogP contribution in [0.25, 0.3) is 0 Å². The predicted octanol–water partition coefficient (Wildman–Crippen LogP) is 2.43. The maximum atomic E-state index is 12.1. The van der Waals surface area contributed by atoms with Gasteiger partial charge in [0.05, 0.1) is 0 Å². The Bertz CT molecular complexity index is 637. The first-order valence-electron chi connectivity index (χ1n) is 5.99. The fourth-order valence-electron chi connectivity index (χ4n) is 1.72. The summed E-state index contributed by atoms with van der Waals surface area (Å²) in [7, 11) is -3.58. The third-order valence-corrected chi connectivity index (χ3v) is 4.28. The van der Waals surface area contributed by atoms with E-state index in [0.717, 1.165) is 11.1 Å². The molecule has 2 rings (SSSR count). The van der Waals surface area contributed by atoms with Crippen LogP contribution >= 0.6 is 0 Å². The number of hydrogen-bond acceptors (Lipinski definition) is 3. The number of aromatic nitrogens is 1. The largest absolute Gasteiger partial charge is 0.258 e. The van der Waals surface area contributed by atoms with E-state index in [4.69, 9.17) is 0 Å². The molecule has 0 saturated carbocycles. The van der Waals surface area contributed by atoms with Crippen molar-refractivity contribution in [3.05, 3.63) is 59.8 Å². The first-order chi connectivity index (χ1) is 8.99. The minimum Gasteiger partial charge on any atom is -0.243 e. The summed E-state index contributed by atoms with van der Waals surface area (Å²) in [5.74, 6) is 0. The zero-order valence-electron chi connectivity index (χ0n) is 10.9. The smallest absolute Gasteiger partial charge is 0.243 e. The lowest BCUT2D eigenvalue weighted by molar-refractivity contribution is 0.563. The number of aryl methyl sites for hydroxylation is 1. The molecule has 2 aromatic rings. The van der Waals surface area contributed by atoms with Crippen LogP contribution < -0.4 is 4.72 Å². The first-order valence-corrected chi connectivity index (χ1v) is 7.47. The fraction of sp³-hybridized carbons (Fsp3) is 0.214. The number of benzene rings is 1. The molecule has 0 aliphatic heterocycles. The fourth-order valence-corrected chi connectivity index (χ4v) is 2.90. The molecule has 19 heavy (non-hydrogen) atoms. The van der Waals surface area contributed by atoms with Gasteiger partial charge < -0.3 is 0 Å². The van der Waals surface area contributed by atoms with Crippen molar-refractivity contribution < 1.29 is 8.42 Å². The summed E-state index contributed by atoms with van der Waals surface area (Å²) in [5, 5.41) is 0.0361. The molecule has 100 valence electrons. The Kier molecular flexibility index (Phi) is 3.97. The van der Waals surface area contributed by atoms with E-state index in [2.05, 4.69) is 9.71 Å². The van der Waals surface area contributed by atoms with Gasteiger partial charge in [-0.2, -0.15) is 0 Å². The Morgan fingerprint density at radius 2 is 1.79 bits per heavy atom. The summed E-state index contributed by atoms with van der Waals surface area (Å²) in [6.45, 7) is 3.80. The molecule has 0 aliphatic carbocycles. The molecule has 0 bridgehead atoms. The van der Waals surface area contributed by atoms with Crippen LogP contribution in [0.4, 0.5) is 0 Å². The van der Waals surface area contributed by atoms with E-state index in [1.807, 2.05) is 38.1 Å². The lowest BCUT2D eigenvalue weighted by Gasteiger charge is -2.14. The molecule has 1 atom stereocenters. The van der Waals surface area contributed by atoms with E-state index in [9.17, 15) is 8.42 Å². The topological polar surface area (TPSA) is 59.1 Å². The van der Waals surface area contributed by atoms with Crippen molar-refractivity contribution >= 4 is 10.0 Å². The summed E-state index contributed by atoms with van der Waals surface area (Å²) in [6, 6.07) is 12.3. The van der Waals surface area contributed by atoms with Gasteiger partial charge in [0.25, 0.3) is 10.0 Å². The van der Waals surface area contributed by atoms with E-state index in [0.29, 0.717) is 0 Å². The van der Waals surface area contributed by atoms with Crippen LogP contribution in [0.2, 0.25) is 0 Å². The third-order valence-electron chi connectivity index (χ3n) is 2.82. The minimum atomic E-state index is -3.58. The molecule has 1 heterocycles. The Morgan fingerprint density at radius 1 is 1.11 bits per heavy atom. The Hall–Kier alpha value is -1.72. The second kappa shape index (κ2) is 5.50. The van der Waals surface area contributed by atoms with Crippen LogP contribution in [0.5, 0.6) is 0 Å². The molecule has 4 nitrogen and oxygen atoms in total. The van der Waals surface area contributed by atoms with Crippen molar-refractivity contribution in [3.63, 3.8) is 0 Å². The van der Waals surface area contributed by atoms with Gasteiger partial charge in [-0.3, -0.25) is 0 Å². The van der Waals surface area contributed by atoms with Gasteiger partial charge in [-0.15, -0.1) is 0 Å². The molecule has 1 N–H and O–H groups in total. The molecule has 1 aromatic heterocycles. The van der Waals surface area contributed by atoms with Gasteiger partial charge in [0.15, 0.2) is 5.03 Å². The quantitative estimate of drug-likeness (QED) is 0.933. The molecule has 5 heteroatoms. The second-order valence-electron chi connectivity index (χ2n) is 4.42. The molecule has 1 aromatic carbocycles. The van der Waals surface area contributed by atoms with Crippen LogP contribution in [0.1, 0.15) is 24.1 Å². The van der Waals surface area contributed by atoms with E-state index in [1.165, 1.54) is 12.3 Å². The maximum Gasteiger partial charge on any atom is 0.258 e. The van der Waals surface area contributed by atoms with E-state index in [-0.39, 0.29) is 11.1 Å². The van der Waals surface area contributed by atoms with Crippen molar-refractivity contribution in [2.75, 3.05) is 0 Å². The second-order valence-corrected chi connectivity index (χ2v) is 6.08. The highest BCUT2D eigenvalue weighted by atomic mass is 32.2. The number of nitrogens with one attached hydrogen (secondary N) is 1. The number of rotatable bonds is 4. The maximum absolute atomic E-state index is 12.1. The van der Waals surface area contributed by atoms with Gasteiger partial charge >= 0.3 is 0 Å². The van der Waals surface area contributed by atoms with Gasteiger partial charge in [0.1, 0.15) is 0 Å². The van der Waals surface area contributed by atoms with Crippen LogP contribution in [0.15, 0.2) is 53.7 Å². The van der Waals surface area contributed by atoms with Crippen LogP contribution in [0.3, 0.4) is 0 Å². The number of hydrogen-bond donors (Lipinski definition) is 1. The highest BCUT2D eigenvalue weighted by molar-refractivity contribution is 7.89. The molecular formula is C14H16N2O2S. The molecule has 0 saturated heterocycles. The summed E-state index contributed by atoms with van der Waals surface area (Å²) in [6.07, 6.45) is 1.46. The van der Waals surface area contributed by atoms with Crippen LogP contribution in [-0.4, -0.2) is 13.4 Å². The van der Waals surface area contributed by atoms with E-state index in [1.54, 1.807) is 12.1 Å². The van der Waals surface area contributed by atoms with Gasteiger partial charge in [-0.05, 0) is 31.5 Å². The van der Waals surface area contributed by atoms with E-state index >= 15 is 0 Å². The molecule has 1 unspecified atom stereocenters. The zero-order chi connectivity index (χ0) is 13.9. The zero-order valence-corrected chi connectivity index (χ0v) is 11.7. The first kappa shape index (κ1) is 13.7. The molecular weight excluding hydrogens is 260 g/mol. The molecule has 0 fully saturated rings. The lowest BCUT2D eigenvalue weighted by Crippen LogP contribution is -2.27. The number of nitrogens with zero attached hydrogens (tertiary/aromatic N) is 1. The summed E-state index contributed by atoms with van der Waals surface area (Å²) in [4.78, 5) is 3.86. The van der Waals surface area contributed by atoms with Gasteiger partial charge in [0, 0.05) is 12.2 Å². The predicted molar refractivity (Wildman–Crippen MR) is 74.2 cm³/mol. The van der Waals surface area contributed by atoms with Crippen molar-refractivity contribution in [1.82, 2.24) is 9.71 Å². The molecule has 0 radical (unpaired) electrons. The Morgan fingerprint density at radius 3 is 2.37 bits per heavy atom. The van der Waals surface area contributed by atoms with Gasteiger partial charge in [-0.1, -0.05) is 35.9 Å². The number of sulfonamides is 1. The monoisotopic (exact) mass is 276 g/mol. The molecule has 0 amide bonds. The average Bonchev–Trinajstić information content (AvgIpc) is 2.40. The van der Waals surface area contributed by atoms with Crippen molar-refractivity contribution in [2.24, 2.45) is 0 Å². The molecule has 0 aliphatic rings. The Labute approximate surface area is 113 Å². The van der Waals surface area contributed by atoms with Crippen LogP contribution in [-0.2, 0) is 10.0 Å². The number of pyridine rings is 1. The van der Waals surface area contributed by atoms with Crippen molar-refractivity contribution in [1.29, 1.82) is 0 Å². The lowest BCUT2D eigenvalue weighted by atomic mass is 10.1. The summed E-state index contributed by atoms with van der Waals surface area (Å²) >= 11 is 0.